The lowest BCUT2D eigenvalue weighted by Gasteiger charge is -2.36. The predicted molar refractivity (Wildman–Crippen MR) is 98.3 cm³/mol. The number of rotatable bonds is 8. The van der Waals surface area contributed by atoms with Crippen molar-refractivity contribution in [2.24, 2.45) is 0 Å². The third-order valence-electron chi connectivity index (χ3n) is 4.45. The molecule has 0 bridgehead atoms. The fourth-order valence-corrected chi connectivity index (χ4v) is 3.10. The van der Waals surface area contributed by atoms with Crippen molar-refractivity contribution in [2.75, 3.05) is 27.2 Å². The number of benzene rings is 1. The highest BCUT2D eigenvalue weighted by molar-refractivity contribution is 5.78. The molecule has 1 aromatic carbocycles. The van der Waals surface area contributed by atoms with Crippen LogP contribution in [0, 0.1) is 5.82 Å². The lowest BCUT2D eigenvalue weighted by Crippen LogP contribution is -2.52. The summed E-state index contributed by atoms with van der Waals surface area (Å²) in [4.78, 5) is 25.8. The molecule has 7 nitrogen and oxygen atoms in total. The van der Waals surface area contributed by atoms with Crippen molar-refractivity contribution in [2.45, 2.75) is 44.1 Å². The van der Waals surface area contributed by atoms with Gasteiger partial charge >= 0.3 is 0 Å². The van der Waals surface area contributed by atoms with Gasteiger partial charge in [-0.15, -0.1) is 0 Å². The molecule has 1 aromatic rings. The van der Waals surface area contributed by atoms with Gasteiger partial charge in [-0.2, -0.15) is 0 Å². The van der Waals surface area contributed by atoms with E-state index in [2.05, 4.69) is 10.6 Å². The summed E-state index contributed by atoms with van der Waals surface area (Å²) >= 11 is 0. The Labute approximate surface area is 158 Å². The number of aliphatic hydroxyl groups excluding tert-OH is 1. The first-order valence-corrected chi connectivity index (χ1v) is 9.09. The van der Waals surface area contributed by atoms with Gasteiger partial charge in [-0.1, -0.05) is 18.2 Å². The fraction of sp³-hybridized carbons (Fsp3) is 0.579. The summed E-state index contributed by atoms with van der Waals surface area (Å²) in [6.07, 6.45) is 0.453. The Balaban J connectivity index is 1.79. The van der Waals surface area contributed by atoms with Crippen molar-refractivity contribution in [3.8, 4) is 0 Å². The third-order valence-corrected chi connectivity index (χ3v) is 4.45. The topological polar surface area (TPSA) is 90.9 Å². The Kier molecular flexibility index (Phi) is 8.15. The lowest BCUT2D eigenvalue weighted by atomic mass is 9.97. The van der Waals surface area contributed by atoms with Crippen LogP contribution in [0.2, 0.25) is 0 Å². The van der Waals surface area contributed by atoms with Gasteiger partial charge in [0.15, 0.2) is 0 Å². The second-order valence-corrected chi connectivity index (χ2v) is 7.04. The van der Waals surface area contributed by atoms with Crippen molar-refractivity contribution in [3.63, 3.8) is 0 Å². The minimum atomic E-state index is -0.547. The molecular formula is C19H28FN3O4. The quantitative estimate of drug-likeness (QED) is 0.607. The van der Waals surface area contributed by atoms with E-state index in [-0.39, 0.29) is 55.9 Å². The SMILES string of the molecule is CN(C)CC(=O)N[C@H]1CC[C@H](CC(=O)NCc2ccccc2F)O[C@H]1CO. The molecule has 8 heteroatoms. The summed E-state index contributed by atoms with van der Waals surface area (Å²) in [5, 5.41) is 15.1. The van der Waals surface area contributed by atoms with Gasteiger partial charge in [-0.25, -0.2) is 4.39 Å². The van der Waals surface area contributed by atoms with Crippen LogP contribution in [-0.4, -0.2) is 67.3 Å². The third kappa shape index (κ3) is 6.89. The average Bonchev–Trinajstić information content (AvgIpc) is 2.61. The van der Waals surface area contributed by atoms with Crippen molar-refractivity contribution in [1.29, 1.82) is 0 Å². The van der Waals surface area contributed by atoms with Gasteiger partial charge < -0.3 is 25.4 Å². The van der Waals surface area contributed by atoms with Gasteiger partial charge in [0.1, 0.15) is 11.9 Å². The first-order valence-electron chi connectivity index (χ1n) is 9.09. The van der Waals surface area contributed by atoms with Crippen molar-refractivity contribution in [3.05, 3.63) is 35.6 Å². The van der Waals surface area contributed by atoms with E-state index in [4.69, 9.17) is 4.74 Å². The van der Waals surface area contributed by atoms with Crippen LogP contribution in [0.1, 0.15) is 24.8 Å². The number of aliphatic hydroxyl groups is 1. The minimum Gasteiger partial charge on any atom is -0.394 e. The van der Waals surface area contributed by atoms with E-state index >= 15 is 0 Å². The maximum atomic E-state index is 13.6. The van der Waals surface area contributed by atoms with Gasteiger partial charge in [0.25, 0.3) is 0 Å². The molecule has 0 radical (unpaired) electrons. The van der Waals surface area contributed by atoms with Crippen LogP contribution >= 0.6 is 0 Å². The highest BCUT2D eigenvalue weighted by Gasteiger charge is 2.32. The zero-order valence-electron chi connectivity index (χ0n) is 15.8. The van der Waals surface area contributed by atoms with Crippen LogP contribution < -0.4 is 10.6 Å². The summed E-state index contributed by atoms with van der Waals surface area (Å²) in [6.45, 7) is 0.141. The molecule has 2 rings (SSSR count). The molecule has 0 aliphatic carbocycles. The zero-order valence-corrected chi connectivity index (χ0v) is 15.8. The molecule has 0 saturated carbocycles. The standard InChI is InChI=1S/C19H28FN3O4/c1-23(2)11-19(26)22-16-8-7-14(27-17(16)12-24)9-18(25)21-10-13-5-3-4-6-15(13)20/h3-6,14,16-17,24H,7-12H2,1-2H3,(H,21,25)(H,22,26)/t14-,16+,17+/m1/s1. The van der Waals surface area contributed by atoms with Crippen LogP contribution in [0.3, 0.4) is 0 Å². The predicted octanol–water partition coefficient (Wildman–Crippen LogP) is 0.418. The normalized spacial score (nSPS) is 22.5. The second kappa shape index (κ2) is 10.3. The Morgan fingerprint density at radius 3 is 2.67 bits per heavy atom. The molecule has 1 aliphatic rings. The molecule has 1 fully saturated rings. The van der Waals surface area contributed by atoms with Crippen LogP contribution in [0.4, 0.5) is 4.39 Å². The van der Waals surface area contributed by atoms with E-state index in [9.17, 15) is 19.1 Å². The molecule has 150 valence electrons. The maximum absolute atomic E-state index is 13.6. The van der Waals surface area contributed by atoms with E-state index in [0.717, 1.165) is 0 Å². The Bertz CT molecular complexity index is 641. The van der Waals surface area contributed by atoms with Gasteiger partial charge in [-0.3, -0.25) is 9.59 Å². The average molecular weight is 381 g/mol. The molecule has 2 amide bonds. The lowest BCUT2D eigenvalue weighted by molar-refractivity contribution is -0.136. The molecule has 1 aliphatic heterocycles. The molecule has 0 spiro atoms. The first-order chi connectivity index (χ1) is 12.9. The fourth-order valence-electron chi connectivity index (χ4n) is 3.10. The van der Waals surface area contributed by atoms with Gasteiger partial charge in [0.05, 0.1) is 31.7 Å². The summed E-state index contributed by atoms with van der Waals surface area (Å²) in [5.41, 5.74) is 0.423. The number of likely N-dealkylation sites (N-methyl/N-ethyl adjacent to an activating group) is 1. The monoisotopic (exact) mass is 381 g/mol. The van der Waals surface area contributed by atoms with Gasteiger partial charge in [0, 0.05) is 12.1 Å². The summed E-state index contributed by atoms with van der Waals surface area (Å²) < 4.78 is 19.4. The number of carbonyl (C=O) groups excluding carboxylic acids is 2. The molecule has 0 aromatic heterocycles. The van der Waals surface area contributed by atoms with Crippen molar-refractivity contribution in [1.82, 2.24) is 15.5 Å². The highest BCUT2D eigenvalue weighted by atomic mass is 19.1. The number of hydrogen-bond acceptors (Lipinski definition) is 5. The largest absolute Gasteiger partial charge is 0.394 e. The number of nitrogens with one attached hydrogen (secondary N) is 2. The van der Waals surface area contributed by atoms with Crippen molar-refractivity contribution >= 4 is 11.8 Å². The first kappa shape index (κ1) is 21.3. The Morgan fingerprint density at radius 1 is 1.26 bits per heavy atom. The van der Waals surface area contributed by atoms with E-state index in [1.807, 2.05) is 0 Å². The number of carbonyl (C=O) groups is 2. The smallest absolute Gasteiger partial charge is 0.234 e. The number of halogens is 1. The van der Waals surface area contributed by atoms with E-state index < -0.39 is 6.10 Å². The summed E-state index contributed by atoms with van der Waals surface area (Å²) in [6, 6.07) is 6.00. The number of hydrogen-bond donors (Lipinski definition) is 3. The van der Waals surface area contributed by atoms with Crippen LogP contribution in [0.5, 0.6) is 0 Å². The van der Waals surface area contributed by atoms with Crippen LogP contribution in [0.15, 0.2) is 24.3 Å². The maximum Gasteiger partial charge on any atom is 0.234 e. The molecule has 1 saturated heterocycles. The molecule has 0 unspecified atom stereocenters. The number of nitrogens with zero attached hydrogens (tertiary/aromatic N) is 1. The molecule has 27 heavy (non-hydrogen) atoms. The summed E-state index contributed by atoms with van der Waals surface area (Å²) in [5.74, 6) is -0.730. The van der Waals surface area contributed by atoms with E-state index in [0.29, 0.717) is 18.4 Å². The highest BCUT2D eigenvalue weighted by Crippen LogP contribution is 2.22. The molecule has 3 N–H and O–H groups in total. The summed E-state index contributed by atoms with van der Waals surface area (Å²) in [7, 11) is 3.60. The van der Waals surface area contributed by atoms with E-state index in [1.54, 1.807) is 37.2 Å². The molecule has 3 atom stereocenters. The van der Waals surface area contributed by atoms with Crippen molar-refractivity contribution < 1.29 is 23.8 Å². The second-order valence-electron chi connectivity index (χ2n) is 7.04. The number of ether oxygens (including phenoxy) is 1. The van der Waals surface area contributed by atoms with Crippen LogP contribution in [-0.2, 0) is 20.9 Å². The Morgan fingerprint density at radius 2 is 2.00 bits per heavy atom. The molecular weight excluding hydrogens is 353 g/mol. The van der Waals surface area contributed by atoms with Gasteiger partial charge in [0.2, 0.25) is 11.8 Å². The number of amides is 2. The van der Waals surface area contributed by atoms with Crippen LogP contribution in [0.25, 0.3) is 0 Å². The Hall–Kier alpha value is -2.03. The zero-order chi connectivity index (χ0) is 19.8. The van der Waals surface area contributed by atoms with Gasteiger partial charge in [-0.05, 0) is 33.0 Å². The van der Waals surface area contributed by atoms with E-state index in [1.165, 1.54) is 6.07 Å². The minimum absolute atomic E-state index is 0.116. The molecule has 1 heterocycles.